The van der Waals surface area contributed by atoms with Crippen LogP contribution in [0.15, 0.2) is 53.5 Å². The number of nitrogens with one attached hydrogen (secondary N) is 2. The van der Waals surface area contributed by atoms with Crippen molar-refractivity contribution < 1.29 is 13.2 Å². The minimum Gasteiger partial charge on any atom is -0.348 e. The van der Waals surface area contributed by atoms with E-state index < -0.39 is 9.84 Å². The molecule has 2 aromatic carbocycles. The third kappa shape index (κ3) is 5.69. The monoisotopic (exact) mass is 519 g/mol. The lowest BCUT2D eigenvalue weighted by Crippen LogP contribution is -2.28. The molecule has 0 bridgehead atoms. The van der Waals surface area contributed by atoms with Crippen molar-refractivity contribution in [2.24, 2.45) is 0 Å². The molecule has 0 fully saturated rings. The van der Waals surface area contributed by atoms with Crippen LogP contribution >= 0.6 is 0 Å². The van der Waals surface area contributed by atoms with Crippen LogP contribution in [-0.4, -0.2) is 30.1 Å². The number of benzene rings is 2. The zero-order chi connectivity index (χ0) is 27.1. The molecule has 4 rings (SSSR count). The lowest BCUT2D eigenvalue weighted by molar-refractivity contribution is 0.0952. The molecule has 0 saturated heterocycles. The molecule has 2 heterocycles. The summed E-state index contributed by atoms with van der Waals surface area (Å²) < 4.78 is 25.9. The topological polar surface area (TPSA) is 101 Å². The molecule has 37 heavy (non-hydrogen) atoms. The second kappa shape index (κ2) is 10.0. The van der Waals surface area contributed by atoms with E-state index in [1.165, 1.54) is 6.26 Å². The summed E-state index contributed by atoms with van der Waals surface area (Å²) in [5, 5.41) is 3.81. The van der Waals surface area contributed by atoms with Crippen LogP contribution < -0.4 is 10.9 Å². The lowest BCUT2D eigenvalue weighted by atomic mass is 9.97. The highest BCUT2D eigenvalue weighted by atomic mass is 32.2. The Hall–Kier alpha value is -3.65. The molecule has 2 aromatic heterocycles. The normalized spacial score (nSPS) is 11.9. The van der Waals surface area contributed by atoms with Crippen LogP contribution in [-0.2, 0) is 22.1 Å². The van der Waals surface area contributed by atoms with E-state index in [1.807, 2.05) is 63.4 Å². The second-order valence-corrected chi connectivity index (χ2v) is 12.3. The minimum absolute atomic E-state index is 0.0532. The van der Waals surface area contributed by atoms with Crippen molar-refractivity contribution >= 4 is 26.6 Å². The van der Waals surface area contributed by atoms with Crippen molar-refractivity contribution in [3.63, 3.8) is 0 Å². The summed E-state index contributed by atoms with van der Waals surface area (Å²) in [5.74, 6) is -0.328. The number of aromatic amines is 1. The average molecular weight is 520 g/mol. The number of H-pyrrole nitrogens is 1. The second-order valence-electron chi connectivity index (χ2n) is 10.1. The van der Waals surface area contributed by atoms with Gasteiger partial charge in [0.2, 0.25) is 0 Å². The Morgan fingerprint density at radius 2 is 1.76 bits per heavy atom. The Morgan fingerprint density at radius 1 is 1.03 bits per heavy atom. The van der Waals surface area contributed by atoms with Crippen LogP contribution in [0.5, 0.6) is 0 Å². The first kappa shape index (κ1) is 26.4. The molecule has 0 spiro atoms. The molecule has 2 N–H and O–H groups in total. The number of fused-ring (bicyclic) bond motifs is 1. The Bertz CT molecular complexity index is 1680. The smallest absolute Gasteiger partial charge is 0.253 e. The van der Waals surface area contributed by atoms with Crippen molar-refractivity contribution in [3.8, 4) is 11.1 Å². The highest BCUT2D eigenvalue weighted by Crippen LogP contribution is 2.33. The molecule has 7 nitrogen and oxygen atoms in total. The molecule has 0 aliphatic heterocycles. The fourth-order valence-corrected chi connectivity index (χ4v) is 5.65. The van der Waals surface area contributed by atoms with Gasteiger partial charge in [-0.2, -0.15) is 0 Å². The van der Waals surface area contributed by atoms with Gasteiger partial charge in [-0.15, -0.1) is 0 Å². The van der Waals surface area contributed by atoms with Crippen molar-refractivity contribution in [2.75, 3.05) is 6.26 Å². The number of pyridine rings is 1. The fourth-order valence-electron chi connectivity index (χ4n) is 4.87. The third-order valence-electron chi connectivity index (χ3n) is 6.53. The van der Waals surface area contributed by atoms with Crippen LogP contribution in [0, 0.1) is 20.8 Å². The van der Waals surface area contributed by atoms with Crippen molar-refractivity contribution in [3.05, 3.63) is 92.5 Å². The number of rotatable bonds is 7. The van der Waals surface area contributed by atoms with Gasteiger partial charge in [0.05, 0.1) is 5.75 Å². The van der Waals surface area contributed by atoms with Gasteiger partial charge in [-0.25, -0.2) is 8.42 Å². The summed E-state index contributed by atoms with van der Waals surface area (Å²) in [6.07, 6.45) is 3.26. The number of nitrogens with zero attached hydrogens (tertiary/aromatic N) is 1. The van der Waals surface area contributed by atoms with Crippen molar-refractivity contribution in [2.45, 2.75) is 53.0 Å². The van der Waals surface area contributed by atoms with E-state index in [1.54, 1.807) is 6.07 Å². The van der Waals surface area contributed by atoms with E-state index in [-0.39, 0.29) is 29.8 Å². The van der Waals surface area contributed by atoms with E-state index in [0.29, 0.717) is 16.7 Å². The molecule has 0 atom stereocenters. The maximum Gasteiger partial charge on any atom is 0.253 e. The third-order valence-corrected chi connectivity index (χ3v) is 7.39. The first-order valence-corrected chi connectivity index (χ1v) is 14.3. The van der Waals surface area contributed by atoms with E-state index in [9.17, 15) is 18.0 Å². The van der Waals surface area contributed by atoms with Gasteiger partial charge in [-0.1, -0.05) is 24.3 Å². The van der Waals surface area contributed by atoms with Gasteiger partial charge >= 0.3 is 0 Å². The Morgan fingerprint density at radius 3 is 2.41 bits per heavy atom. The van der Waals surface area contributed by atoms with Gasteiger partial charge in [0.15, 0.2) is 9.84 Å². The Balaban J connectivity index is 1.82. The summed E-state index contributed by atoms with van der Waals surface area (Å²) in [7, 11) is -3.19. The van der Waals surface area contributed by atoms with Crippen LogP contribution in [0.3, 0.4) is 0 Å². The van der Waals surface area contributed by atoms with Gasteiger partial charge in [0.25, 0.3) is 11.5 Å². The molecule has 0 saturated carbocycles. The Labute approximate surface area is 217 Å². The molecule has 0 radical (unpaired) electrons. The van der Waals surface area contributed by atoms with E-state index in [2.05, 4.69) is 28.7 Å². The average Bonchev–Trinajstić information content (AvgIpc) is 3.13. The summed E-state index contributed by atoms with van der Waals surface area (Å²) in [4.78, 5) is 28.8. The molecule has 0 aliphatic carbocycles. The van der Waals surface area contributed by atoms with Crippen LogP contribution in [0.25, 0.3) is 22.0 Å². The quantitative estimate of drug-likeness (QED) is 0.360. The van der Waals surface area contributed by atoms with E-state index in [0.717, 1.165) is 38.9 Å². The van der Waals surface area contributed by atoms with E-state index in [4.69, 9.17) is 0 Å². The number of sulfone groups is 1. The maximum atomic E-state index is 13.6. The molecular weight excluding hydrogens is 486 g/mol. The highest BCUT2D eigenvalue weighted by molar-refractivity contribution is 7.89. The largest absolute Gasteiger partial charge is 0.348 e. The number of carbonyl (C=O) groups is 1. The van der Waals surface area contributed by atoms with Gasteiger partial charge in [-0.05, 0) is 80.6 Å². The number of aromatic nitrogens is 2. The van der Waals surface area contributed by atoms with Crippen LogP contribution in [0.1, 0.15) is 58.2 Å². The van der Waals surface area contributed by atoms with Gasteiger partial charge in [0, 0.05) is 52.8 Å². The van der Waals surface area contributed by atoms with Gasteiger partial charge in [0.1, 0.15) is 0 Å². The molecule has 0 aliphatic rings. The van der Waals surface area contributed by atoms with Crippen LogP contribution in [0.4, 0.5) is 0 Å². The van der Waals surface area contributed by atoms with Crippen molar-refractivity contribution in [1.29, 1.82) is 0 Å². The zero-order valence-electron chi connectivity index (χ0n) is 22.1. The predicted molar refractivity (Wildman–Crippen MR) is 149 cm³/mol. The number of aryl methyl sites for hydroxylation is 3. The Kier molecular flexibility index (Phi) is 7.15. The molecule has 1 amide bonds. The molecule has 8 heteroatoms. The molecule has 0 unspecified atom stereocenters. The molecular formula is C29H33N3O4S. The zero-order valence-corrected chi connectivity index (χ0v) is 22.9. The van der Waals surface area contributed by atoms with Gasteiger partial charge < -0.3 is 14.9 Å². The van der Waals surface area contributed by atoms with E-state index >= 15 is 0 Å². The first-order valence-electron chi connectivity index (χ1n) is 12.2. The highest BCUT2D eigenvalue weighted by Gasteiger charge is 2.20. The minimum atomic E-state index is -3.19. The number of amides is 1. The maximum absolute atomic E-state index is 13.6. The summed E-state index contributed by atoms with van der Waals surface area (Å²) >= 11 is 0. The number of hydrogen-bond donors (Lipinski definition) is 2. The summed E-state index contributed by atoms with van der Waals surface area (Å²) in [5.41, 5.74) is 6.67. The van der Waals surface area contributed by atoms with Crippen LogP contribution in [0.2, 0.25) is 0 Å². The fraction of sp³-hybridized carbons (Fsp3) is 0.310. The standard InChI is InChI=1S/C29H33N3O4S/c1-17(2)32-15-19(4)27-24(28(33)30-14-25-18(3)10-20(5)31-29(25)34)12-23(13-26(27)32)22-9-7-8-21(11-22)16-37(6,35)36/h7-13,15,17H,14,16H2,1-6H3,(H,30,33)(H,31,34). The summed E-state index contributed by atoms with van der Waals surface area (Å²) in [6.45, 7) is 9.96. The number of hydrogen-bond acceptors (Lipinski definition) is 4. The summed E-state index contributed by atoms with van der Waals surface area (Å²) in [6, 6.07) is 13.4. The SMILES string of the molecule is Cc1cc(C)c(CNC(=O)c2cc(-c3cccc(CS(C)(=O)=O)c3)cc3c2c(C)cn3C(C)C)c(=O)[nH]1. The molecule has 4 aromatic rings. The first-order chi connectivity index (χ1) is 17.3. The van der Waals surface area contributed by atoms with Gasteiger partial charge in [-0.3, -0.25) is 9.59 Å². The predicted octanol–water partition coefficient (Wildman–Crippen LogP) is 4.98. The number of carbonyl (C=O) groups excluding carboxylic acids is 1. The van der Waals surface area contributed by atoms with Crippen molar-refractivity contribution in [1.82, 2.24) is 14.9 Å². The molecule has 194 valence electrons. The lowest BCUT2D eigenvalue weighted by Gasteiger charge is -2.14.